The van der Waals surface area contributed by atoms with E-state index in [-0.39, 0.29) is 22.9 Å². The molecule has 0 spiro atoms. The van der Waals surface area contributed by atoms with Gasteiger partial charge in [-0.1, -0.05) is 6.42 Å². The smallest absolute Gasteiger partial charge is 0.136 e. The quantitative estimate of drug-likeness (QED) is 0.411. The minimum absolute atomic E-state index is 0.175. The standard InChI is InChI=1S/C28H29F2N5O/c29-23-13-19(28(36)8-2-9-28)14-24(30)27(23)25-6-5-21-16-33-26(35(21)34-25)12-18-15-32-10-7-22(18)17-3-1-4-20(31)11-17/h5-7,10,13-17,20,36H,1-4,8-9,11-12,31H2/t17-,20+/m1/s1. The highest BCUT2D eigenvalue weighted by atomic mass is 19.1. The SMILES string of the molecule is N[C@H]1CCC[C@@H](c2ccncc2Cc2ncc3ccc(-c4c(F)cc(C5(O)CCC5)cc4F)nn23)C1. The first-order valence-electron chi connectivity index (χ1n) is 12.7. The number of rotatable bonds is 5. The summed E-state index contributed by atoms with van der Waals surface area (Å²) in [5.74, 6) is -0.417. The molecule has 6 nitrogen and oxygen atoms in total. The largest absolute Gasteiger partial charge is 0.385 e. The van der Waals surface area contributed by atoms with Crippen molar-refractivity contribution in [2.75, 3.05) is 0 Å². The first-order chi connectivity index (χ1) is 17.4. The summed E-state index contributed by atoms with van der Waals surface area (Å²) >= 11 is 0. The molecule has 0 unspecified atom stereocenters. The molecule has 3 N–H and O–H groups in total. The van der Waals surface area contributed by atoms with Crippen molar-refractivity contribution in [3.8, 4) is 11.3 Å². The van der Waals surface area contributed by atoms with Crippen molar-refractivity contribution >= 4 is 5.52 Å². The van der Waals surface area contributed by atoms with Gasteiger partial charge >= 0.3 is 0 Å². The number of fused-ring (bicyclic) bond motifs is 1. The number of hydrogen-bond donors (Lipinski definition) is 2. The molecule has 6 rings (SSSR count). The molecule has 2 aliphatic rings. The van der Waals surface area contributed by atoms with Gasteiger partial charge in [0.2, 0.25) is 0 Å². The number of halogens is 2. The van der Waals surface area contributed by atoms with Crippen molar-refractivity contribution in [3.05, 3.63) is 83.1 Å². The van der Waals surface area contributed by atoms with Crippen LogP contribution >= 0.6 is 0 Å². The number of nitrogens with two attached hydrogens (primary N) is 1. The summed E-state index contributed by atoms with van der Waals surface area (Å²) in [5.41, 5.74) is 8.38. The lowest BCUT2D eigenvalue weighted by molar-refractivity contribution is -0.0392. The third-order valence-corrected chi connectivity index (χ3v) is 7.92. The topological polar surface area (TPSA) is 89.3 Å². The van der Waals surface area contributed by atoms with Gasteiger partial charge in [0.15, 0.2) is 0 Å². The van der Waals surface area contributed by atoms with Crippen LogP contribution < -0.4 is 5.73 Å². The number of nitrogens with zero attached hydrogens (tertiary/aromatic N) is 4. The van der Waals surface area contributed by atoms with Crippen molar-refractivity contribution in [1.82, 2.24) is 19.6 Å². The van der Waals surface area contributed by atoms with Crippen LogP contribution in [0.15, 0.2) is 48.9 Å². The predicted octanol–water partition coefficient (Wildman–Crippen LogP) is 5.02. The highest BCUT2D eigenvalue weighted by Crippen LogP contribution is 2.42. The number of pyridine rings is 1. The zero-order valence-electron chi connectivity index (χ0n) is 20.0. The predicted molar refractivity (Wildman–Crippen MR) is 132 cm³/mol. The van der Waals surface area contributed by atoms with Gasteiger partial charge in [-0.2, -0.15) is 5.10 Å². The van der Waals surface area contributed by atoms with Crippen molar-refractivity contribution in [3.63, 3.8) is 0 Å². The summed E-state index contributed by atoms with van der Waals surface area (Å²) in [6.07, 6.45) is 12.0. The van der Waals surface area contributed by atoms with E-state index in [9.17, 15) is 5.11 Å². The lowest BCUT2D eigenvalue weighted by atomic mass is 9.75. The lowest BCUT2D eigenvalue weighted by Crippen LogP contribution is -2.33. The molecular formula is C28H29F2N5O. The van der Waals surface area contributed by atoms with E-state index in [0.29, 0.717) is 31.0 Å². The Morgan fingerprint density at radius 2 is 1.86 bits per heavy atom. The maximum Gasteiger partial charge on any atom is 0.136 e. The molecule has 0 amide bonds. The number of hydrogen-bond acceptors (Lipinski definition) is 5. The summed E-state index contributed by atoms with van der Waals surface area (Å²) in [4.78, 5) is 8.90. The van der Waals surface area contributed by atoms with Gasteiger partial charge in [0, 0.05) is 24.9 Å². The summed E-state index contributed by atoms with van der Waals surface area (Å²) < 4.78 is 31.9. The molecule has 4 aromatic rings. The minimum atomic E-state index is -1.14. The van der Waals surface area contributed by atoms with E-state index >= 15 is 8.78 Å². The third kappa shape index (κ3) is 4.08. The molecule has 3 heterocycles. The zero-order chi connectivity index (χ0) is 24.9. The van der Waals surface area contributed by atoms with Crippen LogP contribution in [-0.4, -0.2) is 30.7 Å². The molecule has 2 fully saturated rings. The fraction of sp³-hybridized carbons (Fsp3) is 0.393. The normalized spacial score (nSPS) is 21.4. The Hall–Kier alpha value is -3.23. The van der Waals surface area contributed by atoms with Crippen molar-refractivity contribution in [2.45, 2.75) is 68.9 Å². The van der Waals surface area contributed by atoms with Crippen molar-refractivity contribution in [1.29, 1.82) is 0 Å². The molecule has 2 aliphatic carbocycles. The lowest BCUT2D eigenvalue weighted by Gasteiger charge is -2.37. The maximum atomic E-state index is 15.1. The Morgan fingerprint density at radius 1 is 1.06 bits per heavy atom. The highest BCUT2D eigenvalue weighted by Gasteiger charge is 2.37. The average molecular weight is 490 g/mol. The van der Waals surface area contributed by atoms with E-state index < -0.39 is 17.2 Å². The van der Waals surface area contributed by atoms with Crippen molar-refractivity contribution < 1.29 is 13.9 Å². The number of aliphatic hydroxyl groups is 1. The van der Waals surface area contributed by atoms with Gasteiger partial charge < -0.3 is 10.8 Å². The van der Waals surface area contributed by atoms with Crippen LogP contribution in [-0.2, 0) is 12.0 Å². The molecule has 0 radical (unpaired) electrons. The summed E-state index contributed by atoms with van der Waals surface area (Å²) in [5, 5.41) is 15.1. The average Bonchev–Trinajstić information content (AvgIpc) is 3.24. The van der Waals surface area contributed by atoms with Crippen molar-refractivity contribution in [2.24, 2.45) is 5.73 Å². The Kier molecular flexibility index (Phi) is 5.80. The summed E-state index contributed by atoms with van der Waals surface area (Å²) in [6.45, 7) is 0. The fourth-order valence-electron chi connectivity index (χ4n) is 5.74. The molecule has 2 saturated carbocycles. The second-order valence-corrected chi connectivity index (χ2v) is 10.3. The van der Waals surface area contributed by atoms with Crippen LogP contribution in [0, 0.1) is 11.6 Å². The molecule has 8 heteroatoms. The molecule has 0 bridgehead atoms. The molecule has 36 heavy (non-hydrogen) atoms. The second-order valence-electron chi connectivity index (χ2n) is 10.3. The van der Waals surface area contributed by atoms with Gasteiger partial charge in [-0.05, 0) is 91.5 Å². The van der Waals surface area contributed by atoms with E-state index in [1.807, 2.05) is 12.4 Å². The Labute approximate surface area is 208 Å². The Morgan fingerprint density at radius 3 is 2.58 bits per heavy atom. The van der Waals surface area contributed by atoms with Gasteiger partial charge in [-0.15, -0.1) is 0 Å². The second kappa shape index (κ2) is 9.01. The number of imidazole rings is 1. The first kappa shape index (κ1) is 23.2. The van der Waals surface area contributed by atoms with E-state index in [0.717, 1.165) is 43.2 Å². The van der Waals surface area contributed by atoms with E-state index in [1.54, 1.807) is 22.8 Å². The molecule has 2 atom stereocenters. The molecule has 3 aromatic heterocycles. The van der Waals surface area contributed by atoms with Crippen LogP contribution in [0.25, 0.3) is 16.8 Å². The maximum absolute atomic E-state index is 15.1. The van der Waals surface area contributed by atoms with Gasteiger partial charge in [-0.25, -0.2) is 18.3 Å². The van der Waals surface area contributed by atoms with Gasteiger partial charge in [0.05, 0.1) is 28.6 Å². The first-order valence-corrected chi connectivity index (χ1v) is 12.7. The minimum Gasteiger partial charge on any atom is -0.385 e. The van der Waals surface area contributed by atoms with E-state index in [2.05, 4.69) is 21.1 Å². The van der Waals surface area contributed by atoms with Gasteiger partial charge in [0.1, 0.15) is 17.5 Å². The Balaban J connectivity index is 1.35. The van der Waals surface area contributed by atoms with Crippen LogP contribution in [0.4, 0.5) is 8.78 Å². The zero-order valence-corrected chi connectivity index (χ0v) is 20.0. The molecule has 0 aliphatic heterocycles. The molecular weight excluding hydrogens is 460 g/mol. The van der Waals surface area contributed by atoms with E-state index in [4.69, 9.17) is 5.73 Å². The van der Waals surface area contributed by atoms with Crippen LogP contribution in [0.1, 0.15) is 73.4 Å². The molecule has 0 saturated heterocycles. The number of aromatic nitrogens is 4. The van der Waals surface area contributed by atoms with Gasteiger partial charge in [0.25, 0.3) is 0 Å². The van der Waals surface area contributed by atoms with Crippen LogP contribution in [0.5, 0.6) is 0 Å². The summed E-state index contributed by atoms with van der Waals surface area (Å²) in [7, 11) is 0. The van der Waals surface area contributed by atoms with Crippen LogP contribution in [0.3, 0.4) is 0 Å². The third-order valence-electron chi connectivity index (χ3n) is 7.92. The number of benzene rings is 1. The summed E-state index contributed by atoms with van der Waals surface area (Å²) in [6, 6.07) is 8.09. The highest BCUT2D eigenvalue weighted by molar-refractivity contribution is 5.63. The fourth-order valence-corrected chi connectivity index (χ4v) is 5.74. The molecule has 186 valence electrons. The monoisotopic (exact) mass is 489 g/mol. The van der Waals surface area contributed by atoms with E-state index in [1.165, 1.54) is 17.7 Å². The molecule has 1 aromatic carbocycles. The Bertz CT molecular complexity index is 1410. The van der Waals surface area contributed by atoms with Gasteiger partial charge in [-0.3, -0.25) is 4.98 Å². The van der Waals surface area contributed by atoms with Crippen LogP contribution in [0.2, 0.25) is 0 Å².